The van der Waals surface area contributed by atoms with E-state index >= 15 is 0 Å². The third-order valence-corrected chi connectivity index (χ3v) is 6.70. The Hall–Kier alpha value is -4.13. The average molecular weight is 556 g/mol. The molecule has 1 amide bonds. The fourth-order valence-electron chi connectivity index (χ4n) is 4.64. The van der Waals surface area contributed by atoms with Crippen molar-refractivity contribution >= 4 is 28.8 Å². The molecule has 1 heterocycles. The third-order valence-electron chi connectivity index (χ3n) is 6.70. The van der Waals surface area contributed by atoms with E-state index in [0.29, 0.717) is 18.7 Å². The largest absolute Gasteiger partial charge is 0.514 e. The number of carbonyl (C=O) groups is 2. The van der Waals surface area contributed by atoms with Crippen LogP contribution in [0.4, 0.5) is 10.5 Å². The number of amides is 1. The molecule has 0 unspecified atom stereocenters. The van der Waals surface area contributed by atoms with Crippen LogP contribution in [0, 0.1) is 0 Å². The highest BCUT2D eigenvalue weighted by molar-refractivity contribution is 5.93. The SMILES string of the molecule is CCCCC(=O)Nc1ccc2nc(CCCC)n(Cc3ccc(-c4ccccc4OC(=O)OC(C)(C)C)cc3)c2c1. The third kappa shape index (κ3) is 8.19. The molecule has 0 bridgehead atoms. The van der Waals surface area contributed by atoms with E-state index in [0.717, 1.165) is 71.3 Å². The van der Waals surface area contributed by atoms with Crippen molar-refractivity contribution in [2.24, 2.45) is 0 Å². The summed E-state index contributed by atoms with van der Waals surface area (Å²) in [5, 5.41) is 3.04. The van der Waals surface area contributed by atoms with Gasteiger partial charge in [-0.1, -0.05) is 69.2 Å². The zero-order valence-corrected chi connectivity index (χ0v) is 24.8. The number of nitrogens with zero attached hydrogens (tertiary/aromatic N) is 2. The predicted molar refractivity (Wildman–Crippen MR) is 164 cm³/mol. The molecule has 216 valence electrons. The second kappa shape index (κ2) is 13.5. The van der Waals surface area contributed by atoms with Crippen LogP contribution in [-0.2, 0) is 22.5 Å². The summed E-state index contributed by atoms with van der Waals surface area (Å²) in [4.78, 5) is 29.6. The Bertz CT molecular complexity index is 1480. The monoisotopic (exact) mass is 555 g/mol. The Kier molecular flexibility index (Phi) is 9.82. The number of rotatable bonds is 11. The van der Waals surface area contributed by atoms with Crippen LogP contribution in [0.5, 0.6) is 5.75 Å². The second-order valence-corrected chi connectivity index (χ2v) is 11.3. The maximum atomic E-state index is 12.4. The summed E-state index contributed by atoms with van der Waals surface area (Å²) in [6.45, 7) is 10.3. The van der Waals surface area contributed by atoms with Crippen molar-refractivity contribution in [3.63, 3.8) is 0 Å². The molecular weight excluding hydrogens is 514 g/mol. The topological polar surface area (TPSA) is 82.5 Å². The van der Waals surface area contributed by atoms with Gasteiger partial charge >= 0.3 is 6.16 Å². The van der Waals surface area contributed by atoms with Crippen molar-refractivity contribution < 1.29 is 19.1 Å². The number of aromatic nitrogens is 2. The first kappa shape index (κ1) is 29.8. The zero-order valence-electron chi connectivity index (χ0n) is 24.8. The highest BCUT2D eigenvalue weighted by Crippen LogP contribution is 2.31. The molecule has 1 N–H and O–H groups in total. The number of para-hydroxylation sites is 1. The maximum absolute atomic E-state index is 12.4. The van der Waals surface area contributed by atoms with Crippen molar-refractivity contribution in [1.82, 2.24) is 9.55 Å². The molecule has 1 aromatic heterocycles. The molecule has 3 aromatic carbocycles. The number of hydrogen-bond acceptors (Lipinski definition) is 5. The van der Waals surface area contributed by atoms with Gasteiger partial charge in [0.1, 0.15) is 17.2 Å². The van der Waals surface area contributed by atoms with Gasteiger partial charge in [0.2, 0.25) is 5.91 Å². The van der Waals surface area contributed by atoms with Crippen LogP contribution in [-0.4, -0.2) is 27.2 Å². The number of imidazole rings is 1. The minimum atomic E-state index is -0.728. The second-order valence-electron chi connectivity index (χ2n) is 11.3. The van der Waals surface area contributed by atoms with Gasteiger partial charge in [0, 0.05) is 30.6 Å². The van der Waals surface area contributed by atoms with Gasteiger partial charge in [-0.2, -0.15) is 0 Å². The van der Waals surface area contributed by atoms with Gasteiger partial charge in [-0.15, -0.1) is 0 Å². The quantitative estimate of drug-likeness (QED) is 0.148. The molecule has 0 aliphatic rings. The van der Waals surface area contributed by atoms with Gasteiger partial charge in [0.05, 0.1) is 11.0 Å². The number of unbranched alkanes of at least 4 members (excludes halogenated alkanes) is 2. The lowest BCUT2D eigenvalue weighted by Crippen LogP contribution is -2.26. The molecule has 0 spiro atoms. The van der Waals surface area contributed by atoms with Crippen LogP contribution in [0.2, 0.25) is 0 Å². The summed E-state index contributed by atoms with van der Waals surface area (Å²) >= 11 is 0. The van der Waals surface area contributed by atoms with Crippen LogP contribution in [0.1, 0.15) is 78.1 Å². The van der Waals surface area contributed by atoms with E-state index in [2.05, 4.69) is 35.9 Å². The smallest absolute Gasteiger partial charge is 0.428 e. The van der Waals surface area contributed by atoms with Crippen LogP contribution < -0.4 is 10.1 Å². The molecule has 4 aromatic rings. The Morgan fingerprint density at radius 2 is 1.66 bits per heavy atom. The molecule has 0 fully saturated rings. The first-order chi connectivity index (χ1) is 19.7. The lowest BCUT2D eigenvalue weighted by atomic mass is 10.0. The number of carbonyl (C=O) groups excluding carboxylic acids is 2. The number of fused-ring (bicyclic) bond motifs is 1. The van der Waals surface area contributed by atoms with E-state index < -0.39 is 11.8 Å². The molecule has 0 radical (unpaired) electrons. The van der Waals surface area contributed by atoms with Crippen molar-refractivity contribution in [1.29, 1.82) is 0 Å². The summed E-state index contributed by atoms with van der Waals surface area (Å²) in [6, 6.07) is 21.6. The van der Waals surface area contributed by atoms with E-state index in [-0.39, 0.29) is 5.91 Å². The number of nitrogens with one attached hydrogen (secondary N) is 1. The standard InChI is InChI=1S/C34H41N3O4/c1-6-8-14-31-36-28-21-20-26(35-32(38)15-9-7-2)22-29(28)37(31)23-24-16-18-25(19-17-24)27-12-10-11-13-30(27)40-33(39)41-34(3,4)5/h10-13,16-22H,6-9,14-15,23H2,1-5H3,(H,35,38). The van der Waals surface area contributed by atoms with Crippen molar-refractivity contribution in [2.75, 3.05) is 5.32 Å². The van der Waals surface area contributed by atoms with E-state index in [1.54, 1.807) is 26.8 Å². The molecular formula is C34H41N3O4. The number of anilines is 1. The van der Waals surface area contributed by atoms with Gasteiger partial charge in [0.25, 0.3) is 0 Å². The fraction of sp³-hybridized carbons (Fsp3) is 0.382. The molecule has 0 saturated carbocycles. The van der Waals surface area contributed by atoms with E-state index in [9.17, 15) is 9.59 Å². The van der Waals surface area contributed by atoms with Crippen molar-refractivity contribution in [3.8, 4) is 16.9 Å². The number of benzene rings is 3. The zero-order chi connectivity index (χ0) is 29.4. The Labute approximate surface area is 242 Å². The normalized spacial score (nSPS) is 11.4. The Morgan fingerprint density at radius 3 is 2.37 bits per heavy atom. The van der Waals surface area contributed by atoms with Crippen LogP contribution in [0.15, 0.2) is 66.7 Å². The number of hydrogen-bond donors (Lipinski definition) is 1. The molecule has 0 saturated heterocycles. The first-order valence-corrected chi connectivity index (χ1v) is 14.5. The van der Waals surface area contributed by atoms with Crippen LogP contribution in [0.3, 0.4) is 0 Å². The maximum Gasteiger partial charge on any atom is 0.514 e. The minimum Gasteiger partial charge on any atom is -0.428 e. The van der Waals surface area contributed by atoms with Gasteiger partial charge in [0.15, 0.2) is 0 Å². The Balaban J connectivity index is 1.59. The van der Waals surface area contributed by atoms with E-state index in [1.165, 1.54) is 0 Å². The average Bonchev–Trinajstić information content (AvgIpc) is 3.26. The van der Waals surface area contributed by atoms with Gasteiger partial charge in [-0.3, -0.25) is 4.79 Å². The number of ether oxygens (including phenoxy) is 2. The first-order valence-electron chi connectivity index (χ1n) is 14.5. The molecule has 7 nitrogen and oxygen atoms in total. The summed E-state index contributed by atoms with van der Waals surface area (Å²) in [7, 11) is 0. The predicted octanol–water partition coefficient (Wildman–Crippen LogP) is 8.54. The summed E-state index contributed by atoms with van der Waals surface area (Å²) in [5.41, 5.74) is 4.95. The van der Waals surface area contributed by atoms with E-state index in [1.807, 2.05) is 48.5 Å². The van der Waals surface area contributed by atoms with Gasteiger partial charge < -0.3 is 19.4 Å². The van der Waals surface area contributed by atoms with Crippen LogP contribution in [0.25, 0.3) is 22.2 Å². The molecule has 7 heteroatoms. The summed E-state index contributed by atoms with van der Waals surface area (Å²) in [5.74, 6) is 1.52. The number of aryl methyl sites for hydroxylation is 1. The van der Waals surface area contributed by atoms with E-state index in [4.69, 9.17) is 14.5 Å². The fourth-order valence-corrected chi connectivity index (χ4v) is 4.64. The van der Waals surface area contributed by atoms with Crippen molar-refractivity contribution in [3.05, 3.63) is 78.1 Å². The minimum absolute atomic E-state index is 0.0370. The molecule has 41 heavy (non-hydrogen) atoms. The highest BCUT2D eigenvalue weighted by atomic mass is 16.7. The lowest BCUT2D eigenvalue weighted by molar-refractivity contribution is -0.116. The molecule has 4 rings (SSSR count). The highest BCUT2D eigenvalue weighted by Gasteiger charge is 2.20. The Morgan fingerprint density at radius 1 is 0.927 bits per heavy atom. The lowest BCUT2D eigenvalue weighted by Gasteiger charge is -2.19. The van der Waals surface area contributed by atoms with Crippen molar-refractivity contribution in [2.45, 2.75) is 85.3 Å². The van der Waals surface area contributed by atoms with Gasteiger partial charge in [-0.25, -0.2) is 9.78 Å². The van der Waals surface area contributed by atoms with Crippen LogP contribution >= 0.6 is 0 Å². The molecule has 0 aliphatic carbocycles. The summed E-state index contributed by atoms with van der Waals surface area (Å²) in [6.07, 6.45) is 4.68. The molecule has 0 atom stereocenters. The van der Waals surface area contributed by atoms with Gasteiger partial charge in [-0.05, 0) is 69.0 Å². The molecule has 0 aliphatic heterocycles. The summed E-state index contributed by atoms with van der Waals surface area (Å²) < 4.78 is 13.1.